The Bertz CT molecular complexity index is 266. The van der Waals surface area contributed by atoms with E-state index in [1.165, 1.54) is 0 Å². The highest BCUT2D eigenvalue weighted by Gasteiger charge is 2.23. The molecule has 1 fully saturated rings. The van der Waals surface area contributed by atoms with Gasteiger partial charge in [-0.1, -0.05) is 0 Å². The molecule has 0 aromatic rings. The number of hydrogen-bond donors (Lipinski definition) is 2. The molecule has 0 aliphatic carbocycles. The number of amides is 1. The van der Waals surface area contributed by atoms with Crippen LogP contribution in [0.3, 0.4) is 0 Å². The third kappa shape index (κ3) is 4.97. The Morgan fingerprint density at radius 1 is 1.38 bits per heavy atom. The molecule has 0 saturated carbocycles. The van der Waals surface area contributed by atoms with Crippen molar-refractivity contribution in [3.8, 4) is 0 Å². The predicted octanol–water partition coefficient (Wildman–Crippen LogP) is 1.01. The van der Waals surface area contributed by atoms with Gasteiger partial charge in [-0.05, 0) is 33.7 Å². The van der Waals surface area contributed by atoms with E-state index in [9.17, 15) is 9.59 Å². The minimum atomic E-state index is -0.949. The van der Waals surface area contributed by atoms with Gasteiger partial charge < -0.3 is 20.1 Å². The van der Waals surface area contributed by atoms with Gasteiger partial charge in [0.2, 0.25) is 0 Å². The zero-order valence-electron chi connectivity index (χ0n) is 9.83. The van der Waals surface area contributed by atoms with Gasteiger partial charge in [-0.2, -0.15) is 0 Å². The van der Waals surface area contributed by atoms with Gasteiger partial charge in [-0.15, -0.1) is 0 Å². The molecule has 6 nitrogen and oxygen atoms in total. The van der Waals surface area contributed by atoms with Crippen molar-refractivity contribution >= 4 is 12.2 Å². The summed E-state index contributed by atoms with van der Waals surface area (Å²) in [7, 11) is 0. The molecular formula is C10H18N2O4. The van der Waals surface area contributed by atoms with Gasteiger partial charge in [0.05, 0.1) is 0 Å². The number of hydrogen-bond acceptors (Lipinski definition) is 5. The van der Waals surface area contributed by atoms with Crippen molar-refractivity contribution in [2.24, 2.45) is 0 Å². The summed E-state index contributed by atoms with van der Waals surface area (Å²) < 4.78 is 9.36. The average molecular weight is 230 g/mol. The molecular weight excluding hydrogens is 212 g/mol. The summed E-state index contributed by atoms with van der Waals surface area (Å²) in [5, 5.41) is 5.53. The summed E-state index contributed by atoms with van der Waals surface area (Å²) in [5.74, 6) is 0. The van der Waals surface area contributed by atoms with E-state index in [0.717, 1.165) is 13.0 Å². The maximum absolute atomic E-state index is 11.2. The molecule has 1 atom stereocenters. The molecule has 6 heteroatoms. The van der Waals surface area contributed by atoms with Crippen LogP contribution in [0.15, 0.2) is 0 Å². The molecule has 0 radical (unpaired) electrons. The van der Waals surface area contributed by atoms with Crippen molar-refractivity contribution in [1.82, 2.24) is 10.6 Å². The smallest absolute Gasteiger partial charge is 0.429 e. The zero-order valence-corrected chi connectivity index (χ0v) is 9.83. The lowest BCUT2D eigenvalue weighted by Crippen LogP contribution is -2.42. The summed E-state index contributed by atoms with van der Waals surface area (Å²) in [6.07, 6.45) is -1.19. The molecule has 2 N–H and O–H groups in total. The number of carbonyl (C=O) groups is 2. The first-order chi connectivity index (χ1) is 7.37. The largest absolute Gasteiger partial charge is 0.517 e. The quantitative estimate of drug-likeness (QED) is 0.519. The highest BCUT2D eigenvalue weighted by atomic mass is 16.7. The van der Waals surface area contributed by atoms with Crippen LogP contribution in [0.2, 0.25) is 0 Å². The maximum Gasteiger partial charge on any atom is 0.517 e. The van der Waals surface area contributed by atoms with Gasteiger partial charge in [-0.25, -0.2) is 9.59 Å². The van der Waals surface area contributed by atoms with Crippen LogP contribution in [0.1, 0.15) is 27.2 Å². The van der Waals surface area contributed by atoms with Crippen molar-refractivity contribution in [1.29, 1.82) is 0 Å². The Kier molecular flexibility index (Phi) is 4.12. The normalized spacial score (nSPS) is 20.3. The van der Waals surface area contributed by atoms with Crippen molar-refractivity contribution in [3.05, 3.63) is 0 Å². The monoisotopic (exact) mass is 230 g/mol. The summed E-state index contributed by atoms with van der Waals surface area (Å²) in [6, 6.07) is 0. The van der Waals surface area contributed by atoms with E-state index in [1.807, 2.05) is 0 Å². The van der Waals surface area contributed by atoms with Crippen molar-refractivity contribution in [2.75, 3.05) is 13.1 Å². The molecule has 1 aliphatic heterocycles. The fourth-order valence-corrected chi connectivity index (χ4v) is 1.30. The first kappa shape index (κ1) is 12.8. The molecule has 1 amide bonds. The lowest BCUT2D eigenvalue weighted by Gasteiger charge is -2.19. The van der Waals surface area contributed by atoms with E-state index in [-0.39, 0.29) is 6.10 Å². The average Bonchev–Trinajstić information content (AvgIpc) is 2.51. The highest BCUT2D eigenvalue weighted by Crippen LogP contribution is 2.05. The van der Waals surface area contributed by atoms with E-state index < -0.39 is 17.8 Å². The van der Waals surface area contributed by atoms with E-state index >= 15 is 0 Å². The summed E-state index contributed by atoms with van der Waals surface area (Å²) in [6.45, 7) is 6.80. The van der Waals surface area contributed by atoms with Crippen LogP contribution in [-0.4, -0.2) is 37.0 Å². The fourth-order valence-electron chi connectivity index (χ4n) is 1.30. The van der Waals surface area contributed by atoms with Crippen LogP contribution < -0.4 is 10.6 Å². The van der Waals surface area contributed by atoms with Crippen molar-refractivity contribution < 1.29 is 19.1 Å². The molecule has 1 saturated heterocycles. The Balaban J connectivity index is 2.25. The molecule has 1 rings (SSSR count). The van der Waals surface area contributed by atoms with Crippen LogP contribution in [0.25, 0.3) is 0 Å². The minimum absolute atomic E-state index is 0.199. The summed E-state index contributed by atoms with van der Waals surface area (Å²) in [5.41, 5.74) is -0.438. The number of carbonyl (C=O) groups excluding carboxylic acids is 2. The molecule has 0 bridgehead atoms. The third-order valence-corrected chi connectivity index (χ3v) is 1.93. The standard InChI is InChI=1S/C10H18N2O4/c1-10(2,3)12-8(13)16-9(14)15-7-4-5-11-6-7/h7,11H,4-6H2,1-3H3,(H,12,13). The second-order valence-corrected chi connectivity index (χ2v) is 4.75. The summed E-state index contributed by atoms with van der Waals surface area (Å²) >= 11 is 0. The van der Waals surface area contributed by atoms with Gasteiger partial charge in [0, 0.05) is 12.1 Å². The second-order valence-electron chi connectivity index (χ2n) is 4.75. The summed E-state index contributed by atoms with van der Waals surface area (Å²) in [4.78, 5) is 22.4. The lowest BCUT2D eigenvalue weighted by molar-refractivity contribution is 0.0470. The van der Waals surface area contributed by atoms with Gasteiger partial charge in [-0.3, -0.25) is 0 Å². The lowest BCUT2D eigenvalue weighted by atomic mass is 10.1. The minimum Gasteiger partial charge on any atom is -0.429 e. The van der Waals surface area contributed by atoms with Crippen LogP contribution in [0, 0.1) is 0 Å². The van der Waals surface area contributed by atoms with Crippen LogP contribution in [0.4, 0.5) is 9.59 Å². The molecule has 0 aromatic carbocycles. The number of rotatable bonds is 1. The fraction of sp³-hybridized carbons (Fsp3) is 0.800. The first-order valence-corrected chi connectivity index (χ1v) is 5.28. The SMILES string of the molecule is CC(C)(C)NC(=O)OC(=O)OC1CCNC1. The molecule has 1 unspecified atom stereocenters. The Hall–Kier alpha value is -1.30. The molecule has 1 heterocycles. The van der Waals surface area contributed by atoms with Gasteiger partial charge in [0.1, 0.15) is 6.10 Å². The highest BCUT2D eigenvalue weighted by molar-refractivity contribution is 5.81. The van der Waals surface area contributed by atoms with Crippen LogP contribution >= 0.6 is 0 Å². The zero-order chi connectivity index (χ0) is 12.2. The van der Waals surface area contributed by atoms with Crippen molar-refractivity contribution in [3.63, 3.8) is 0 Å². The second kappa shape index (κ2) is 5.16. The topological polar surface area (TPSA) is 76.7 Å². The van der Waals surface area contributed by atoms with E-state index in [0.29, 0.717) is 6.54 Å². The van der Waals surface area contributed by atoms with Crippen LogP contribution in [0.5, 0.6) is 0 Å². The van der Waals surface area contributed by atoms with Crippen LogP contribution in [-0.2, 0) is 9.47 Å². The van der Waals surface area contributed by atoms with Crippen molar-refractivity contribution in [2.45, 2.75) is 38.8 Å². The maximum atomic E-state index is 11.2. The molecule has 0 aromatic heterocycles. The molecule has 92 valence electrons. The Morgan fingerprint density at radius 2 is 2.06 bits per heavy atom. The number of alkyl carbamates (subject to hydrolysis) is 1. The van der Waals surface area contributed by atoms with Gasteiger partial charge in [0.15, 0.2) is 0 Å². The molecule has 16 heavy (non-hydrogen) atoms. The third-order valence-electron chi connectivity index (χ3n) is 1.93. The first-order valence-electron chi connectivity index (χ1n) is 5.28. The van der Waals surface area contributed by atoms with E-state index in [1.54, 1.807) is 20.8 Å². The van der Waals surface area contributed by atoms with E-state index in [2.05, 4.69) is 15.4 Å². The van der Waals surface area contributed by atoms with Gasteiger partial charge in [0.25, 0.3) is 0 Å². The number of nitrogens with one attached hydrogen (secondary N) is 2. The Labute approximate surface area is 94.7 Å². The number of ether oxygens (including phenoxy) is 2. The van der Waals surface area contributed by atoms with Gasteiger partial charge >= 0.3 is 12.2 Å². The predicted molar refractivity (Wildman–Crippen MR) is 57.1 cm³/mol. The van der Waals surface area contributed by atoms with E-state index in [4.69, 9.17) is 4.74 Å². The Morgan fingerprint density at radius 3 is 2.56 bits per heavy atom. The molecule has 0 spiro atoms. The molecule has 1 aliphatic rings.